The molecule has 3 amide bonds. The first-order chi connectivity index (χ1) is 20.7. The van der Waals surface area contributed by atoms with Crippen LogP contribution in [-0.4, -0.2) is 79.7 Å². The fraction of sp³-hybridized carbons (Fsp3) is 0.424. The van der Waals surface area contributed by atoms with E-state index in [1.807, 2.05) is 37.3 Å². The first kappa shape index (κ1) is 31.8. The lowest BCUT2D eigenvalue weighted by Crippen LogP contribution is -2.56. The van der Waals surface area contributed by atoms with Gasteiger partial charge in [0.2, 0.25) is 11.8 Å². The van der Waals surface area contributed by atoms with Crippen LogP contribution in [0, 0.1) is 11.8 Å². The second kappa shape index (κ2) is 13.2. The summed E-state index contributed by atoms with van der Waals surface area (Å²) in [7, 11) is 0. The highest BCUT2D eigenvalue weighted by Gasteiger charge is 2.76. The number of rotatable bonds is 12. The van der Waals surface area contributed by atoms with Crippen molar-refractivity contribution in [2.45, 2.75) is 46.7 Å². The molecule has 5 rings (SSSR count). The highest BCUT2D eigenvalue weighted by molar-refractivity contribution is 9.09. The second-order valence-corrected chi connectivity index (χ2v) is 14.5. The minimum absolute atomic E-state index is 0.0642. The van der Waals surface area contributed by atoms with Gasteiger partial charge in [-0.05, 0) is 42.7 Å². The van der Waals surface area contributed by atoms with Crippen LogP contribution < -0.4 is 4.90 Å². The Hall–Kier alpha value is -2.59. The van der Waals surface area contributed by atoms with Crippen molar-refractivity contribution in [2.75, 3.05) is 31.1 Å². The summed E-state index contributed by atoms with van der Waals surface area (Å²) in [5.74, 6) is -1.95. The highest BCUT2D eigenvalue weighted by atomic mass is 79.9. The molecular formula is C33H37BrClN3O4S. The van der Waals surface area contributed by atoms with Gasteiger partial charge in [-0.1, -0.05) is 76.9 Å². The van der Waals surface area contributed by atoms with E-state index in [1.165, 1.54) is 0 Å². The molecule has 3 heterocycles. The number of nitrogens with zero attached hydrogens (tertiary/aromatic N) is 3. The summed E-state index contributed by atoms with van der Waals surface area (Å²) in [6.07, 6.45) is 4.68. The van der Waals surface area contributed by atoms with Crippen LogP contribution in [0.25, 0.3) is 0 Å². The molecule has 3 unspecified atom stereocenters. The molecule has 3 saturated heterocycles. The molecule has 2 bridgehead atoms. The SMILES string of the molecule is C=CCN(CCC)C(=O)[C@H]1[C@@H]2SC3(CC2Br)C(C(=O)N(CC=C)c2ccc(Cl)cc2)N([C@H](CO)c2ccccc2)C(=O)[C@H]13. The smallest absolute Gasteiger partial charge is 0.251 e. The van der Waals surface area contributed by atoms with E-state index < -0.39 is 28.7 Å². The van der Waals surface area contributed by atoms with Gasteiger partial charge in [0.15, 0.2) is 0 Å². The number of alkyl halides is 1. The summed E-state index contributed by atoms with van der Waals surface area (Å²) < 4.78 is -0.868. The Balaban J connectivity index is 1.66. The lowest BCUT2D eigenvalue weighted by Gasteiger charge is -2.40. The monoisotopic (exact) mass is 685 g/mol. The minimum atomic E-state index is -0.926. The number of halogens is 2. The van der Waals surface area contributed by atoms with Gasteiger partial charge in [0.1, 0.15) is 6.04 Å². The lowest BCUT2D eigenvalue weighted by molar-refractivity contribution is -0.145. The van der Waals surface area contributed by atoms with Crippen LogP contribution in [-0.2, 0) is 14.4 Å². The number of benzene rings is 2. The van der Waals surface area contributed by atoms with E-state index in [0.717, 1.165) is 12.0 Å². The predicted octanol–water partition coefficient (Wildman–Crippen LogP) is 5.48. The molecule has 3 aliphatic rings. The topological polar surface area (TPSA) is 81.2 Å². The molecule has 1 spiro atoms. The van der Waals surface area contributed by atoms with Crippen molar-refractivity contribution < 1.29 is 19.5 Å². The maximum atomic E-state index is 14.9. The van der Waals surface area contributed by atoms with E-state index in [1.54, 1.807) is 62.9 Å². The average molecular weight is 687 g/mol. The Labute approximate surface area is 271 Å². The van der Waals surface area contributed by atoms with Crippen LogP contribution in [0.3, 0.4) is 0 Å². The highest BCUT2D eigenvalue weighted by Crippen LogP contribution is 2.68. The number of hydrogen-bond donors (Lipinski definition) is 1. The molecule has 0 radical (unpaired) electrons. The zero-order valence-electron chi connectivity index (χ0n) is 24.1. The van der Waals surface area contributed by atoms with Crippen molar-refractivity contribution >= 4 is 62.7 Å². The van der Waals surface area contributed by atoms with Gasteiger partial charge in [-0.3, -0.25) is 14.4 Å². The first-order valence-corrected chi connectivity index (χ1v) is 16.8. The molecular weight excluding hydrogens is 650 g/mol. The second-order valence-electron chi connectivity index (χ2n) is 11.3. The van der Waals surface area contributed by atoms with Gasteiger partial charge in [-0.15, -0.1) is 24.9 Å². The van der Waals surface area contributed by atoms with Crippen molar-refractivity contribution in [3.63, 3.8) is 0 Å². The summed E-state index contributed by atoms with van der Waals surface area (Å²) in [4.78, 5) is 48.8. The maximum Gasteiger partial charge on any atom is 0.251 e. The van der Waals surface area contributed by atoms with Crippen molar-refractivity contribution in [1.82, 2.24) is 9.80 Å². The number of carbonyl (C=O) groups is 3. The molecule has 10 heteroatoms. The van der Waals surface area contributed by atoms with Gasteiger partial charge in [0, 0.05) is 40.4 Å². The van der Waals surface area contributed by atoms with Gasteiger partial charge < -0.3 is 19.8 Å². The third-order valence-electron chi connectivity index (χ3n) is 8.81. The Morgan fingerprint density at radius 1 is 1.14 bits per heavy atom. The number of likely N-dealkylation sites (tertiary alicyclic amines) is 1. The number of aliphatic hydroxyl groups excluding tert-OH is 1. The number of carbonyl (C=O) groups excluding carboxylic acids is 3. The lowest BCUT2D eigenvalue weighted by atomic mass is 9.70. The molecule has 0 aromatic heterocycles. The van der Waals surface area contributed by atoms with Crippen LogP contribution in [0.2, 0.25) is 5.02 Å². The van der Waals surface area contributed by atoms with E-state index in [9.17, 15) is 19.5 Å². The van der Waals surface area contributed by atoms with Gasteiger partial charge in [0.05, 0.1) is 29.2 Å². The van der Waals surface area contributed by atoms with E-state index >= 15 is 0 Å². The zero-order valence-corrected chi connectivity index (χ0v) is 27.3. The molecule has 7 atom stereocenters. The Kier molecular flexibility index (Phi) is 9.76. The van der Waals surface area contributed by atoms with E-state index in [0.29, 0.717) is 30.2 Å². The van der Waals surface area contributed by atoms with Crippen LogP contribution in [0.15, 0.2) is 79.9 Å². The fourth-order valence-electron chi connectivity index (χ4n) is 7.14. The standard InChI is InChI=1S/C33H37BrClN3O4S/c1-4-16-36(17-5-2)30(40)26-27-31(41)38(25(20-39)21-10-8-7-9-11-21)29(33(27)19-24(34)28(26)43-33)32(42)37(18-6-3)23-14-12-22(35)13-15-23/h4,6-15,24-29,39H,1,3,5,16-20H2,2H3/t24?,25-,26-,27+,28-,29?,33?/m1/s1. The maximum absolute atomic E-state index is 14.9. The number of anilines is 1. The van der Waals surface area contributed by atoms with Crippen LogP contribution in [0.4, 0.5) is 5.69 Å². The summed E-state index contributed by atoms with van der Waals surface area (Å²) in [5.41, 5.74) is 1.36. The predicted molar refractivity (Wildman–Crippen MR) is 176 cm³/mol. The molecule has 7 nitrogen and oxygen atoms in total. The molecule has 2 aromatic rings. The van der Waals surface area contributed by atoms with Crippen LogP contribution in [0.1, 0.15) is 31.4 Å². The number of hydrogen-bond acceptors (Lipinski definition) is 5. The summed E-state index contributed by atoms with van der Waals surface area (Å²) in [5, 5.41) is 11.2. The van der Waals surface area contributed by atoms with Crippen molar-refractivity contribution in [3.8, 4) is 0 Å². The van der Waals surface area contributed by atoms with Gasteiger partial charge >= 0.3 is 0 Å². The van der Waals surface area contributed by atoms with Gasteiger partial charge in [-0.2, -0.15) is 0 Å². The molecule has 0 aliphatic carbocycles. The number of aliphatic hydroxyl groups is 1. The fourth-order valence-corrected chi connectivity index (χ4v) is 10.9. The number of amides is 3. The van der Waals surface area contributed by atoms with E-state index in [2.05, 4.69) is 29.1 Å². The summed E-state index contributed by atoms with van der Waals surface area (Å²) in [6.45, 7) is 10.5. The minimum Gasteiger partial charge on any atom is -0.394 e. The van der Waals surface area contributed by atoms with Crippen molar-refractivity contribution in [3.05, 3.63) is 90.5 Å². The summed E-state index contributed by atoms with van der Waals surface area (Å²) in [6, 6.07) is 14.6. The van der Waals surface area contributed by atoms with Crippen molar-refractivity contribution in [1.29, 1.82) is 0 Å². The largest absolute Gasteiger partial charge is 0.394 e. The quantitative estimate of drug-likeness (QED) is 0.236. The third-order valence-corrected chi connectivity index (χ3v) is 12.3. The Morgan fingerprint density at radius 3 is 2.42 bits per heavy atom. The normalized spacial score (nSPS) is 28.0. The van der Waals surface area contributed by atoms with Gasteiger partial charge in [-0.25, -0.2) is 0 Å². The zero-order chi connectivity index (χ0) is 30.9. The third kappa shape index (κ3) is 5.47. The summed E-state index contributed by atoms with van der Waals surface area (Å²) >= 11 is 11.6. The number of thioether (sulfide) groups is 1. The molecule has 3 fully saturated rings. The van der Waals surface area contributed by atoms with E-state index in [4.69, 9.17) is 11.6 Å². The molecule has 2 aromatic carbocycles. The van der Waals surface area contributed by atoms with Crippen molar-refractivity contribution in [2.24, 2.45) is 11.8 Å². The molecule has 228 valence electrons. The van der Waals surface area contributed by atoms with Crippen LogP contribution >= 0.6 is 39.3 Å². The first-order valence-electron chi connectivity index (χ1n) is 14.6. The average Bonchev–Trinajstić information content (AvgIpc) is 3.60. The molecule has 0 saturated carbocycles. The molecule has 1 N–H and O–H groups in total. The van der Waals surface area contributed by atoms with Gasteiger partial charge in [0.25, 0.3) is 5.91 Å². The van der Waals surface area contributed by atoms with Crippen LogP contribution in [0.5, 0.6) is 0 Å². The molecule has 43 heavy (non-hydrogen) atoms. The van der Waals surface area contributed by atoms with E-state index in [-0.39, 0.29) is 41.0 Å². The number of fused-ring (bicyclic) bond motifs is 1. The Morgan fingerprint density at radius 2 is 1.81 bits per heavy atom. The molecule has 3 aliphatic heterocycles. The Bertz CT molecular complexity index is 1380.